The first-order valence-corrected chi connectivity index (χ1v) is 24.6. The van der Waals surface area contributed by atoms with E-state index in [0.29, 0.717) is 19.4 Å². The Hall–Kier alpha value is -4.51. The monoisotopic (exact) mass is 944 g/mol. The zero-order chi connectivity index (χ0) is 43.1. The van der Waals surface area contributed by atoms with Crippen LogP contribution in [0.15, 0.2) is 144 Å². The number of anilines is 2. The van der Waals surface area contributed by atoms with Crippen molar-refractivity contribution >= 4 is 77.0 Å². The Morgan fingerprint density at radius 2 is 1.44 bits per heavy atom. The van der Waals surface area contributed by atoms with E-state index in [9.17, 15) is 13.0 Å². The summed E-state index contributed by atoms with van der Waals surface area (Å²) in [7, 11) is -1.81. The molecule has 5 aromatic rings. The predicted octanol–water partition coefficient (Wildman–Crippen LogP) is 13.2. The summed E-state index contributed by atoms with van der Waals surface area (Å²) < 4.78 is 36.6. The van der Waals surface area contributed by atoms with Crippen LogP contribution in [-0.2, 0) is 20.9 Å². The third kappa shape index (κ3) is 8.28. The molecule has 0 bridgehead atoms. The second kappa shape index (κ2) is 17.3. The Bertz CT molecular complexity index is 2790. The van der Waals surface area contributed by atoms with Crippen molar-refractivity contribution in [3.8, 4) is 0 Å². The third-order valence-corrected chi connectivity index (χ3v) is 15.0. The minimum atomic E-state index is -4.02. The molecule has 8 heteroatoms. The number of unbranched alkanes of at least 4 members (excludes halogenated alkanes) is 3. The molecule has 0 spiro atoms. The van der Waals surface area contributed by atoms with Crippen molar-refractivity contribution in [2.45, 2.75) is 90.4 Å². The molecule has 61 heavy (non-hydrogen) atoms. The molecule has 0 amide bonds. The van der Waals surface area contributed by atoms with Crippen LogP contribution in [0, 0.1) is 3.57 Å². The minimum Gasteiger partial charge on any atom is -0.344 e. The summed E-state index contributed by atoms with van der Waals surface area (Å²) in [5, 5.41) is 5.07. The molecule has 0 aromatic heterocycles. The van der Waals surface area contributed by atoms with Crippen molar-refractivity contribution in [1.29, 1.82) is 0 Å². The third-order valence-electron chi connectivity index (χ3n) is 13.2. The maximum atomic E-state index is 11.7. The summed E-state index contributed by atoms with van der Waals surface area (Å²) in [4.78, 5) is 4.78. The smallest absolute Gasteiger partial charge is 0.264 e. The van der Waals surface area contributed by atoms with E-state index in [-0.39, 0.29) is 16.6 Å². The van der Waals surface area contributed by atoms with Crippen LogP contribution in [0.25, 0.3) is 21.5 Å². The van der Waals surface area contributed by atoms with E-state index in [1.54, 1.807) is 0 Å². The molecule has 2 heterocycles. The van der Waals surface area contributed by atoms with Crippen LogP contribution in [0.2, 0.25) is 0 Å². The van der Waals surface area contributed by atoms with Gasteiger partial charge in [-0.2, -0.15) is 13.0 Å². The molecule has 0 saturated heterocycles. The van der Waals surface area contributed by atoms with E-state index < -0.39 is 10.1 Å². The van der Waals surface area contributed by atoms with E-state index in [0.717, 1.165) is 31.5 Å². The Kier molecular flexibility index (Phi) is 12.3. The van der Waals surface area contributed by atoms with Gasteiger partial charge in [0.05, 0.1) is 16.9 Å². The lowest BCUT2D eigenvalue weighted by molar-refractivity contribution is -0.438. The molecule has 0 atom stereocenters. The molecule has 8 rings (SSSR count). The van der Waals surface area contributed by atoms with E-state index >= 15 is 0 Å². The lowest BCUT2D eigenvalue weighted by Crippen LogP contribution is -2.28. The molecular formula is C53H59IN3O3S+. The summed E-state index contributed by atoms with van der Waals surface area (Å²) in [6.07, 6.45) is 15.9. The van der Waals surface area contributed by atoms with Gasteiger partial charge >= 0.3 is 0 Å². The molecule has 1 N–H and O–H groups in total. The van der Waals surface area contributed by atoms with Gasteiger partial charge in [0, 0.05) is 63.8 Å². The minimum absolute atomic E-state index is 0.180. The van der Waals surface area contributed by atoms with Gasteiger partial charge in [-0.15, -0.1) is 0 Å². The average Bonchev–Trinajstić information content (AvgIpc) is 3.81. The van der Waals surface area contributed by atoms with Gasteiger partial charge < -0.3 is 9.80 Å². The van der Waals surface area contributed by atoms with E-state index in [2.05, 4.69) is 200 Å². The first-order chi connectivity index (χ1) is 29.2. The van der Waals surface area contributed by atoms with Gasteiger partial charge in [0.25, 0.3) is 10.1 Å². The van der Waals surface area contributed by atoms with Gasteiger partial charge in [-0.25, -0.2) is 0 Å². The summed E-state index contributed by atoms with van der Waals surface area (Å²) in [6.45, 7) is 13.3. The van der Waals surface area contributed by atoms with Crippen LogP contribution in [0.5, 0.6) is 0 Å². The van der Waals surface area contributed by atoms with E-state index in [1.807, 2.05) is 0 Å². The van der Waals surface area contributed by atoms with Crippen LogP contribution >= 0.6 is 22.6 Å². The maximum absolute atomic E-state index is 11.7. The van der Waals surface area contributed by atoms with Crippen molar-refractivity contribution < 1.29 is 17.5 Å². The van der Waals surface area contributed by atoms with Crippen molar-refractivity contribution in [2.75, 3.05) is 35.7 Å². The normalized spacial score (nSPS) is 18.5. The van der Waals surface area contributed by atoms with Crippen LogP contribution in [0.1, 0.15) is 90.7 Å². The lowest BCUT2D eigenvalue weighted by Gasteiger charge is -2.28. The highest BCUT2D eigenvalue weighted by Crippen LogP contribution is 2.51. The number of allylic oxidation sites excluding steroid dienone is 7. The molecule has 0 fully saturated rings. The second-order valence-electron chi connectivity index (χ2n) is 18.0. The molecular weight excluding hydrogens is 886 g/mol. The fourth-order valence-corrected chi connectivity index (χ4v) is 11.6. The summed E-state index contributed by atoms with van der Waals surface area (Å²) in [6, 6.07) is 35.1. The van der Waals surface area contributed by atoms with E-state index in [1.165, 1.54) is 88.7 Å². The van der Waals surface area contributed by atoms with Crippen molar-refractivity contribution in [1.82, 2.24) is 0 Å². The highest BCUT2D eigenvalue weighted by Gasteiger charge is 2.46. The second-order valence-corrected chi connectivity index (χ2v) is 20.7. The Morgan fingerprint density at radius 3 is 2.15 bits per heavy atom. The van der Waals surface area contributed by atoms with Gasteiger partial charge in [-0.1, -0.05) is 106 Å². The number of rotatable bonds is 14. The van der Waals surface area contributed by atoms with Crippen LogP contribution in [0.4, 0.5) is 17.1 Å². The fourth-order valence-electron chi connectivity index (χ4n) is 10.3. The van der Waals surface area contributed by atoms with Gasteiger partial charge in [-0.05, 0) is 137 Å². The average molecular weight is 945 g/mol. The molecule has 5 aromatic carbocycles. The molecule has 2 aliphatic heterocycles. The van der Waals surface area contributed by atoms with Gasteiger partial charge in [0.1, 0.15) is 6.54 Å². The van der Waals surface area contributed by atoms with Gasteiger partial charge in [0.15, 0.2) is 5.71 Å². The molecule has 0 radical (unpaired) electrons. The van der Waals surface area contributed by atoms with Crippen LogP contribution in [-0.4, -0.2) is 49.1 Å². The van der Waals surface area contributed by atoms with Crippen molar-refractivity contribution in [3.63, 3.8) is 0 Å². The number of hydrogen-bond donors (Lipinski definition) is 1. The number of likely N-dealkylation sites (N-methyl/N-ethyl adjacent to an activating group) is 1. The topological polar surface area (TPSA) is 63.9 Å². The Balaban J connectivity index is 1.24. The number of benzene rings is 5. The van der Waals surface area contributed by atoms with Crippen molar-refractivity contribution in [2.24, 2.45) is 0 Å². The van der Waals surface area contributed by atoms with Crippen LogP contribution in [0.3, 0.4) is 0 Å². The van der Waals surface area contributed by atoms with Crippen LogP contribution < -0.4 is 9.80 Å². The first kappa shape index (κ1) is 43.2. The molecule has 3 aliphatic rings. The summed E-state index contributed by atoms with van der Waals surface area (Å²) in [5.74, 6) is -0.234. The SMILES string of the molecule is CCCCC[N+]1=C(/C=C/C2=C(N(C)c3ccccc3I)C(=C/C=C3/N(CCCCS(=O)(=O)O)c4ccc5ccccc5c4C3(C)C)/CC2)C(C)(C)c2c1ccc1ccccc21. The molecule has 0 saturated carbocycles. The Morgan fingerprint density at radius 1 is 0.770 bits per heavy atom. The zero-order valence-corrected chi connectivity index (χ0v) is 39.5. The standard InChI is InChI=1S/C53H58IN3O3S/c1-7-8-15-34-56-45-30-26-37-18-9-11-20-41(37)49(45)52(2,3)47(56)32-28-39-24-25-40(51(39)55(6)44-23-14-13-22-43(44)54)29-33-48-53(4,5)50-42-21-12-10-19-38(42)27-31-46(50)57(48)35-16-17-36-61(58,59)60/h9-14,18-23,26-33H,7-8,15-17,24-25,34-36H2,1-6H3/p+1. The number of fused-ring (bicyclic) bond motifs is 6. The fraction of sp³-hybridized carbons (Fsp3) is 0.340. The molecule has 1 aliphatic carbocycles. The summed E-state index contributed by atoms with van der Waals surface area (Å²) in [5.41, 5.74) is 12.3. The van der Waals surface area contributed by atoms with Gasteiger partial charge in [0.2, 0.25) is 5.69 Å². The zero-order valence-electron chi connectivity index (χ0n) is 36.5. The molecule has 316 valence electrons. The predicted molar refractivity (Wildman–Crippen MR) is 265 cm³/mol. The lowest BCUT2D eigenvalue weighted by atomic mass is 9.79. The van der Waals surface area contributed by atoms with Crippen molar-refractivity contribution in [3.05, 3.63) is 159 Å². The highest BCUT2D eigenvalue weighted by atomic mass is 127. The number of halogens is 1. The molecule has 6 nitrogen and oxygen atoms in total. The number of hydrogen-bond acceptors (Lipinski definition) is 4. The maximum Gasteiger partial charge on any atom is 0.264 e. The largest absolute Gasteiger partial charge is 0.344 e. The van der Waals surface area contributed by atoms with Gasteiger partial charge in [-0.3, -0.25) is 4.55 Å². The quantitative estimate of drug-likeness (QED) is 0.0520. The molecule has 0 unspecified atom stereocenters. The Labute approximate surface area is 377 Å². The van der Waals surface area contributed by atoms with E-state index in [4.69, 9.17) is 0 Å². The highest BCUT2D eigenvalue weighted by molar-refractivity contribution is 14.1. The number of para-hydroxylation sites is 1. The first-order valence-electron chi connectivity index (χ1n) is 22.0. The number of nitrogens with zero attached hydrogens (tertiary/aromatic N) is 3. The summed E-state index contributed by atoms with van der Waals surface area (Å²) >= 11 is 2.46.